The van der Waals surface area contributed by atoms with E-state index in [2.05, 4.69) is 27.8 Å². The molecule has 0 radical (unpaired) electrons. The molecule has 1 aliphatic heterocycles. The van der Waals surface area contributed by atoms with E-state index in [1.165, 1.54) is 0 Å². The maximum atomic E-state index is 9.55. The summed E-state index contributed by atoms with van der Waals surface area (Å²) in [6.45, 7) is 9.61. The second-order valence-corrected chi connectivity index (χ2v) is 8.90. The molecule has 0 aromatic carbocycles. The molecule has 0 N–H and O–H groups in total. The van der Waals surface area contributed by atoms with Crippen molar-refractivity contribution >= 4 is 5.69 Å². The Morgan fingerprint density at radius 2 is 1.87 bits per heavy atom. The number of anilines is 1. The van der Waals surface area contributed by atoms with Gasteiger partial charge < -0.3 is 19.1 Å². The Morgan fingerprint density at radius 1 is 1.17 bits per heavy atom. The summed E-state index contributed by atoms with van der Waals surface area (Å²) < 4.78 is 17.4. The van der Waals surface area contributed by atoms with Crippen LogP contribution in [-0.2, 0) is 14.2 Å². The lowest BCUT2D eigenvalue weighted by Gasteiger charge is -2.40. The van der Waals surface area contributed by atoms with Crippen molar-refractivity contribution in [3.05, 3.63) is 23.5 Å². The summed E-state index contributed by atoms with van der Waals surface area (Å²) in [6.07, 6.45) is 6.61. The van der Waals surface area contributed by atoms with Gasteiger partial charge in [0.2, 0.25) is 0 Å². The molecule has 0 atom stereocenters. The SMILES string of the molecule is COC1CC(OC2CCN(c3cc(C#CC(C)(C)OC(C)C)ncc3C#N)CC2)C1. The van der Waals surface area contributed by atoms with Crippen LogP contribution in [0.1, 0.15) is 64.6 Å². The minimum absolute atomic E-state index is 0.0996. The molecule has 2 heterocycles. The Morgan fingerprint density at radius 3 is 2.47 bits per heavy atom. The number of pyridine rings is 1. The van der Waals surface area contributed by atoms with E-state index in [-0.39, 0.29) is 12.2 Å². The Bertz CT molecular complexity index is 820. The molecule has 0 spiro atoms. The van der Waals surface area contributed by atoms with Crippen LogP contribution in [0.25, 0.3) is 0 Å². The molecule has 30 heavy (non-hydrogen) atoms. The second-order valence-electron chi connectivity index (χ2n) is 8.90. The maximum absolute atomic E-state index is 9.55. The molecule has 3 rings (SSSR count). The minimum atomic E-state index is -0.553. The van der Waals surface area contributed by atoms with Crippen molar-refractivity contribution in [3.63, 3.8) is 0 Å². The van der Waals surface area contributed by atoms with Crippen molar-refractivity contribution < 1.29 is 14.2 Å². The summed E-state index contributed by atoms with van der Waals surface area (Å²) in [5, 5.41) is 9.55. The lowest BCUT2D eigenvalue weighted by atomic mass is 9.91. The normalized spacial score (nSPS) is 22.2. The molecule has 1 aromatic rings. The summed E-state index contributed by atoms with van der Waals surface area (Å²) in [6, 6.07) is 4.19. The predicted molar refractivity (Wildman–Crippen MR) is 116 cm³/mol. The van der Waals surface area contributed by atoms with E-state index < -0.39 is 5.60 Å². The van der Waals surface area contributed by atoms with E-state index in [1.54, 1.807) is 13.3 Å². The van der Waals surface area contributed by atoms with Crippen LogP contribution in [0.15, 0.2) is 12.3 Å². The van der Waals surface area contributed by atoms with Gasteiger partial charge in [-0.2, -0.15) is 5.26 Å². The number of nitriles is 1. The third kappa shape index (κ3) is 5.95. The van der Waals surface area contributed by atoms with Gasteiger partial charge in [0.15, 0.2) is 0 Å². The lowest BCUT2D eigenvalue weighted by molar-refractivity contribution is -0.119. The molecular weight excluding hydrogens is 378 g/mol. The van der Waals surface area contributed by atoms with E-state index in [4.69, 9.17) is 14.2 Å². The van der Waals surface area contributed by atoms with Gasteiger partial charge in [-0.3, -0.25) is 0 Å². The van der Waals surface area contributed by atoms with E-state index >= 15 is 0 Å². The van der Waals surface area contributed by atoms with Crippen LogP contribution in [0.5, 0.6) is 0 Å². The van der Waals surface area contributed by atoms with Crippen molar-refractivity contribution in [3.8, 4) is 17.9 Å². The number of hydrogen-bond donors (Lipinski definition) is 0. The highest BCUT2D eigenvalue weighted by Crippen LogP contribution is 2.30. The second kappa shape index (κ2) is 9.79. The van der Waals surface area contributed by atoms with E-state index in [0.29, 0.717) is 23.5 Å². The van der Waals surface area contributed by atoms with Gasteiger partial charge in [0, 0.05) is 26.4 Å². The number of piperidine rings is 1. The summed E-state index contributed by atoms with van der Waals surface area (Å²) in [4.78, 5) is 6.61. The smallest absolute Gasteiger partial charge is 0.123 e. The van der Waals surface area contributed by atoms with E-state index in [9.17, 15) is 5.26 Å². The fourth-order valence-corrected chi connectivity index (χ4v) is 4.02. The standard InChI is InChI=1S/C24H33N3O3/c1-17(2)30-24(3,4)9-6-19-12-23(18(15-25)16-26-19)27-10-7-20(8-11-27)29-22-13-21(14-22)28-5/h12,16-17,20-22H,7-8,10-11,13-14H2,1-5H3. The fraction of sp³-hybridized carbons (Fsp3) is 0.667. The predicted octanol–water partition coefficient (Wildman–Crippen LogP) is 3.67. The Hall–Kier alpha value is -2.12. The number of nitrogens with zero attached hydrogens (tertiary/aromatic N) is 3. The van der Waals surface area contributed by atoms with Gasteiger partial charge in [0.25, 0.3) is 0 Å². The molecule has 162 valence electrons. The topological polar surface area (TPSA) is 67.6 Å². The fourth-order valence-electron chi connectivity index (χ4n) is 4.02. The van der Waals surface area contributed by atoms with Gasteiger partial charge in [0.1, 0.15) is 17.4 Å². The molecular formula is C24H33N3O3. The van der Waals surface area contributed by atoms with E-state index in [0.717, 1.165) is 44.5 Å². The zero-order chi connectivity index (χ0) is 21.7. The van der Waals surface area contributed by atoms with Crippen LogP contribution in [0.3, 0.4) is 0 Å². The zero-order valence-corrected chi connectivity index (χ0v) is 18.8. The molecule has 1 saturated carbocycles. The summed E-state index contributed by atoms with van der Waals surface area (Å²) >= 11 is 0. The van der Waals surface area contributed by atoms with Gasteiger partial charge in [-0.25, -0.2) is 4.98 Å². The number of methoxy groups -OCH3 is 1. The first-order valence-corrected chi connectivity index (χ1v) is 10.8. The molecule has 0 bridgehead atoms. The van der Waals surface area contributed by atoms with Crippen molar-refractivity contribution in [1.82, 2.24) is 4.98 Å². The van der Waals surface area contributed by atoms with Crippen LogP contribution in [0, 0.1) is 23.2 Å². The highest BCUT2D eigenvalue weighted by atomic mass is 16.5. The van der Waals surface area contributed by atoms with Gasteiger partial charge >= 0.3 is 0 Å². The molecule has 2 aliphatic rings. The van der Waals surface area contributed by atoms with Crippen LogP contribution >= 0.6 is 0 Å². The molecule has 6 heteroatoms. The number of hydrogen-bond acceptors (Lipinski definition) is 6. The monoisotopic (exact) mass is 411 g/mol. The first-order valence-electron chi connectivity index (χ1n) is 10.8. The van der Waals surface area contributed by atoms with Crippen LogP contribution in [-0.4, -0.2) is 55.2 Å². The van der Waals surface area contributed by atoms with Crippen LogP contribution in [0.2, 0.25) is 0 Å². The van der Waals surface area contributed by atoms with Gasteiger partial charge in [-0.05, 0) is 65.4 Å². The molecule has 2 fully saturated rings. The first kappa shape index (κ1) is 22.6. The first-order chi connectivity index (χ1) is 14.3. The molecule has 6 nitrogen and oxygen atoms in total. The summed E-state index contributed by atoms with van der Waals surface area (Å²) in [5.41, 5.74) is 1.59. The quantitative estimate of drug-likeness (QED) is 0.666. The van der Waals surface area contributed by atoms with Crippen molar-refractivity contribution in [2.45, 2.75) is 83.4 Å². The number of ether oxygens (including phenoxy) is 3. The van der Waals surface area contributed by atoms with Gasteiger partial charge in [-0.1, -0.05) is 5.92 Å². The molecule has 0 unspecified atom stereocenters. The van der Waals surface area contributed by atoms with Crippen molar-refractivity contribution in [2.75, 3.05) is 25.1 Å². The Labute approximate surface area is 180 Å². The highest BCUT2D eigenvalue weighted by Gasteiger charge is 2.33. The highest BCUT2D eigenvalue weighted by molar-refractivity contribution is 5.61. The molecule has 1 aliphatic carbocycles. The van der Waals surface area contributed by atoms with Crippen LogP contribution < -0.4 is 4.90 Å². The van der Waals surface area contributed by atoms with E-state index in [1.807, 2.05) is 33.8 Å². The average molecular weight is 412 g/mol. The Balaban J connectivity index is 1.63. The van der Waals surface area contributed by atoms with Gasteiger partial charge in [0.05, 0.1) is 35.7 Å². The largest absolute Gasteiger partial charge is 0.381 e. The number of aromatic nitrogens is 1. The summed E-state index contributed by atoms with van der Waals surface area (Å²) in [5.74, 6) is 6.28. The van der Waals surface area contributed by atoms with Crippen LogP contribution in [0.4, 0.5) is 5.69 Å². The molecule has 1 saturated heterocycles. The molecule has 1 aromatic heterocycles. The Kier molecular flexibility index (Phi) is 7.36. The summed E-state index contributed by atoms with van der Waals surface area (Å²) in [7, 11) is 1.76. The average Bonchev–Trinajstić information content (AvgIpc) is 2.68. The third-order valence-electron chi connectivity index (χ3n) is 5.58. The molecule has 0 amide bonds. The maximum Gasteiger partial charge on any atom is 0.123 e. The zero-order valence-electron chi connectivity index (χ0n) is 18.8. The van der Waals surface area contributed by atoms with Crippen molar-refractivity contribution in [2.24, 2.45) is 0 Å². The number of rotatable bonds is 6. The minimum Gasteiger partial charge on any atom is -0.381 e. The van der Waals surface area contributed by atoms with Gasteiger partial charge in [-0.15, -0.1) is 0 Å². The third-order valence-corrected chi connectivity index (χ3v) is 5.58. The lowest BCUT2D eigenvalue weighted by Crippen LogP contribution is -2.43. The van der Waals surface area contributed by atoms with Crippen molar-refractivity contribution in [1.29, 1.82) is 5.26 Å².